The number of hydrogen-bond donors (Lipinski definition) is 2. The second-order valence-corrected chi connectivity index (χ2v) is 7.69. The van der Waals surface area contributed by atoms with Gasteiger partial charge in [-0.25, -0.2) is 8.78 Å². The summed E-state index contributed by atoms with van der Waals surface area (Å²) in [6.07, 6.45) is 2.09. The maximum absolute atomic E-state index is 13.0. The van der Waals surface area contributed by atoms with Gasteiger partial charge < -0.3 is 10.6 Å². The van der Waals surface area contributed by atoms with Crippen LogP contribution in [-0.2, 0) is 9.59 Å². The van der Waals surface area contributed by atoms with Crippen molar-refractivity contribution < 1.29 is 31.5 Å². The lowest BCUT2D eigenvalue weighted by molar-refractivity contribution is -0.144. The predicted molar refractivity (Wildman–Crippen MR) is 120 cm³/mol. The molecule has 188 valence electrons. The zero-order valence-electron chi connectivity index (χ0n) is 19.5. The van der Waals surface area contributed by atoms with E-state index in [-0.39, 0.29) is 5.91 Å². The molecule has 1 aromatic carbocycles. The van der Waals surface area contributed by atoms with Gasteiger partial charge in [0.15, 0.2) is 0 Å². The lowest BCUT2D eigenvalue weighted by atomic mass is 9.98. The van der Waals surface area contributed by atoms with Crippen molar-refractivity contribution in [1.29, 1.82) is 0 Å². The van der Waals surface area contributed by atoms with Crippen LogP contribution in [0, 0.1) is 17.6 Å². The molecule has 0 atom stereocenters. The van der Waals surface area contributed by atoms with Gasteiger partial charge in [-0.15, -0.1) is 0 Å². The fourth-order valence-electron chi connectivity index (χ4n) is 2.92. The smallest absolute Gasteiger partial charge is 0.356 e. The van der Waals surface area contributed by atoms with E-state index in [2.05, 4.69) is 24.5 Å². The van der Waals surface area contributed by atoms with E-state index in [0.29, 0.717) is 24.6 Å². The van der Waals surface area contributed by atoms with Gasteiger partial charge in [-0.3, -0.25) is 9.59 Å². The van der Waals surface area contributed by atoms with Gasteiger partial charge in [-0.2, -0.15) is 13.2 Å². The second-order valence-electron chi connectivity index (χ2n) is 7.69. The number of nitrogens with one attached hydrogen (secondary N) is 2. The summed E-state index contributed by atoms with van der Waals surface area (Å²) < 4.78 is 60.7. The van der Waals surface area contributed by atoms with E-state index in [1.807, 2.05) is 6.92 Å². The molecule has 0 aliphatic rings. The summed E-state index contributed by atoms with van der Waals surface area (Å²) in [5, 5.41) is 5.20. The standard InChI is InChI=1S/C17H23F2NO.C7H12F3NO/c1-3-5-13(6-4-2)12-20-17(21)8-7-14-9-15(18)11-16(19)10-14;1-2-5-11-6(12)3-4-7(8,9)10/h7-11,13H,3-6,12H2,1-2H3,(H,20,21);2-5H2,1H3,(H,11,12)/b8-7+;. The first-order valence-electron chi connectivity index (χ1n) is 11.3. The highest BCUT2D eigenvalue weighted by molar-refractivity contribution is 5.91. The average molecular weight is 479 g/mol. The molecule has 0 saturated heterocycles. The van der Waals surface area contributed by atoms with Gasteiger partial charge in [0, 0.05) is 31.7 Å². The van der Waals surface area contributed by atoms with E-state index < -0.39 is 36.6 Å². The number of carbonyl (C=O) groups excluding carboxylic acids is 2. The van der Waals surface area contributed by atoms with E-state index in [1.165, 1.54) is 24.3 Å². The fourth-order valence-corrected chi connectivity index (χ4v) is 2.92. The second kappa shape index (κ2) is 17.1. The van der Waals surface area contributed by atoms with E-state index in [0.717, 1.165) is 38.2 Å². The highest BCUT2D eigenvalue weighted by Gasteiger charge is 2.27. The minimum Gasteiger partial charge on any atom is -0.356 e. The third-order valence-electron chi connectivity index (χ3n) is 4.48. The number of hydrogen-bond acceptors (Lipinski definition) is 2. The summed E-state index contributed by atoms with van der Waals surface area (Å²) in [5.74, 6) is -1.59. The fraction of sp³-hybridized carbons (Fsp3) is 0.583. The molecule has 1 rings (SSSR count). The van der Waals surface area contributed by atoms with Crippen LogP contribution in [0.3, 0.4) is 0 Å². The van der Waals surface area contributed by atoms with Crippen molar-refractivity contribution in [2.75, 3.05) is 13.1 Å². The first-order chi connectivity index (χ1) is 15.5. The van der Waals surface area contributed by atoms with Crippen LogP contribution >= 0.6 is 0 Å². The summed E-state index contributed by atoms with van der Waals surface area (Å²) in [4.78, 5) is 22.4. The molecule has 2 amide bonds. The molecule has 4 nitrogen and oxygen atoms in total. The highest BCUT2D eigenvalue weighted by atomic mass is 19.4. The van der Waals surface area contributed by atoms with Crippen LogP contribution in [-0.4, -0.2) is 31.1 Å². The van der Waals surface area contributed by atoms with Crippen molar-refractivity contribution in [3.63, 3.8) is 0 Å². The van der Waals surface area contributed by atoms with Crippen LogP contribution in [0.1, 0.15) is 71.3 Å². The van der Waals surface area contributed by atoms with Crippen LogP contribution in [0.15, 0.2) is 24.3 Å². The van der Waals surface area contributed by atoms with E-state index >= 15 is 0 Å². The lowest BCUT2D eigenvalue weighted by Gasteiger charge is -2.15. The molecule has 9 heteroatoms. The lowest BCUT2D eigenvalue weighted by Crippen LogP contribution is -2.27. The Morgan fingerprint density at radius 2 is 1.52 bits per heavy atom. The summed E-state index contributed by atoms with van der Waals surface area (Å²) in [7, 11) is 0. The molecule has 0 aliphatic carbocycles. The monoisotopic (exact) mass is 478 g/mol. The van der Waals surface area contributed by atoms with Crippen LogP contribution in [0.5, 0.6) is 0 Å². The van der Waals surface area contributed by atoms with Gasteiger partial charge in [0.2, 0.25) is 11.8 Å². The van der Waals surface area contributed by atoms with Crippen molar-refractivity contribution in [2.45, 2.75) is 71.9 Å². The number of carbonyl (C=O) groups is 2. The van der Waals surface area contributed by atoms with Gasteiger partial charge in [0.05, 0.1) is 6.42 Å². The van der Waals surface area contributed by atoms with Crippen molar-refractivity contribution in [3.8, 4) is 0 Å². The number of alkyl halides is 3. The Kier molecular flexibility index (Phi) is 15.8. The number of benzene rings is 1. The van der Waals surface area contributed by atoms with Gasteiger partial charge in [-0.05, 0) is 49.0 Å². The molecule has 0 heterocycles. The topological polar surface area (TPSA) is 58.2 Å². The molecule has 0 aliphatic heterocycles. The van der Waals surface area contributed by atoms with Crippen molar-refractivity contribution >= 4 is 17.9 Å². The van der Waals surface area contributed by atoms with Crippen molar-refractivity contribution in [2.24, 2.45) is 5.92 Å². The molecule has 0 aromatic heterocycles. The summed E-state index contributed by atoms with van der Waals surface area (Å²) in [6.45, 7) is 7.18. The zero-order valence-corrected chi connectivity index (χ0v) is 19.5. The molecule has 33 heavy (non-hydrogen) atoms. The minimum atomic E-state index is -4.23. The maximum atomic E-state index is 13.0. The number of halogens is 5. The Morgan fingerprint density at radius 3 is 2.00 bits per heavy atom. The van der Waals surface area contributed by atoms with Crippen molar-refractivity contribution in [1.82, 2.24) is 10.6 Å². The highest BCUT2D eigenvalue weighted by Crippen LogP contribution is 2.20. The van der Waals surface area contributed by atoms with E-state index in [9.17, 15) is 31.5 Å². The molecule has 2 N–H and O–H groups in total. The Morgan fingerprint density at radius 1 is 0.939 bits per heavy atom. The normalized spacial score (nSPS) is 11.3. The molecule has 0 unspecified atom stereocenters. The Hall–Kier alpha value is -2.45. The van der Waals surface area contributed by atoms with Gasteiger partial charge in [-0.1, -0.05) is 33.6 Å². The molecule has 1 aromatic rings. The molecule has 0 radical (unpaired) electrons. The average Bonchev–Trinajstić information content (AvgIpc) is 2.72. The quantitative estimate of drug-likeness (QED) is 0.279. The summed E-state index contributed by atoms with van der Waals surface area (Å²) >= 11 is 0. The molecule has 0 spiro atoms. The van der Waals surface area contributed by atoms with Gasteiger partial charge in [0.1, 0.15) is 11.6 Å². The van der Waals surface area contributed by atoms with Crippen LogP contribution in [0.2, 0.25) is 0 Å². The van der Waals surface area contributed by atoms with Crippen LogP contribution in [0.4, 0.5) is 22.0 Å². The van der Waals surface area contributed by atoms with Crippen LogP contribution < -0.4 is 10.6 Å². The first-order valence-corrected chi connectivity index (χ1v) is 11.3. The van der Waals surface area contributed by atoms with E-state index in [1.54, 1.807) is 0 Å². The first kappa shape index (κ1) is 30.6. The molecule has 0 fully saturated rings. The Balaban J connectivity index is 0.000000728. The maximum Gasteiger partial charge on any atom is 0.389 e. The molecular weight excluding hydrogens is 443 g/mol. The Labute approximate surface area is 193 Å². The third kappa shape index (κ3) is 17.7. The van der Waals surface area contributed by atoms with Gasteiger partial charge >= 0.3 is 6.18 Å². The summed E-state index contributed by atoms with van der Waals surface area (Å²) in [6, 6.07) is 3.17. The molecular formula is C24H35F5N2O2. The summed E-state index contributed by atoms with van der Waals surface area (Å²) in [5.41, 5.74) is 0.335. The van der Waals surface area contributed by atoms with E-state index in [4.69, 9.17) is 0 Å². The minimum absolute atomic E-state index is 0.239. The zero-order chi connectivity index (χ0) is 25.3. The Bertz CT molecular complexity index is 710. The number of rotatable bonds is 12. The molecule has 0 bridgehead atoms. The third-order valence-corrected chi connectivity index (χ3v) is 4.48. The van der Waals surface area contributed by atoms with Crippen LogP contribution in [0.25, 0.3) is 6.08 Å². The SMILES string of the molecule is CCCC(CCC)CNC(=O)/C=C/c1cc(F)cc(F)c1.CCCNC(=O)CCC(F)(F)F. The van der Waals surface area contributed by atoms with Gasteiger partial charge in [0.25, 0.3) is 0 Å². The number of amides is 2. The predicted octanol–water partition coefficient (Wildman–Crippen LogP) is 6.17. The van der Waals surface area contributed by atoms with Crippen molar-refractivity contribution in [3.05, 3.63) is 41.5 Å². The largest absolute Gasteiger partial charge is 0.389 e. The molecule has 0 saturated carbocycles.